The molecule has 0 aromatic heterocycles. The molecule has 1 heterocycles. The molecule has 1 saturated heterocycles. The zero-order valence-corrected chi connectivity index (χ0v) is 11.7. The van der Waals surface area contributed by atoms with Crippen molar-refractivity contribution in [1.82, 2.24) is 0 Å². The summed E-state index contributed by atoms with van der Waals surface area (Å²) in [6, 6.07) is 5.16. The van der Waals surface area contributed by atoms with Crippen LogP contribution in [0.1, 0.15) is 29.6 Å². The molecule has 0 saturated carbocycles. The standard InChI is InChI=1S/C15H20O5/c1-17-8-9-18-14-10-13(6-5-12(14)11-16)20-15-4-2-3-7-19-15/h5-6,10-11,15H,2-4,7-9H2,1H3. The zero-order valence-electron chi connectivity index (χ0n) is 11.7. The maximum absolute atomic E-state index is 11.0. The lowest BCUT2D eigenvalue weighted by Crippen LogP contribution is -2.25. The fraction of sp³-hybridized carbons (Fsp3) is 0.533. The second-order valence-electron chi connectivity index (χ2n) is 4.57. The molecule has 0 radical (unpaired) electrons. The summed E-state index contributed by atoms with van der Waals surface area (Å²) < 4.78 is 21.7. The van der Waals surface area contributed by atoms with Gasteiger partial charge in [-0.15, -0.1) is 0 Å². The van der Waals surface area contributed by atoms with E-state index in [1.165, 1.54) is 0 Å². The summed E-state index contributed by atoms with van der Waals surface area (Å²) in [6.07, 6.45) is 3.62. The SMILES string of the molecule is COCCOc1cc(OC2CCCCO2)ccc1C=O. The Hall–Kier alpha value is -1.59. The Morgan fingerprint density at radius 3 is 2.95 bits per heavy atom. The fourth-order valence-corrected chi connectivity index (χ4v) is 2.00. The summed E-state index contributed by atoms with van der Waals surface area (Å²) in [5, 5.41) is 0. The van der Waals surface area contributed by atoms with E-state index in [1.54, 1.807) is 25.3 Å². The molecule has 1 aliphatic rings. The van der Waals surface area contributed by atoms with Gasteiger partial charge in [0.1, 0.15) is 18.1 Å². The number of rotatable bonds is 7. The van der Waals surface area contributed by atoms with E-state index in [0.29, 0.717) is 30.3 Å². The number of carbonyl (C=O) groups is 1. The van der Waals surface area contributed by atoms with Gasteiger partial charge >= 0.3 is 0 Å². The van der Waals surface area contributed by atoms with Gasteiger partial charge < -0.3 is 18.9 Å². The summed E-state index contributed by atoms with van der Waals surface area (Å²) in [6.45, 7) is 1.59. The van der Waals surface area contributed by atoms with Gasteiger partial charge in [0.25, 0.3) is 0 Å². The third-order valence-electron chi connectivity index (χ3n) is 3.06. The number of methoxy groups -OCH3 is 1. The van der Waals surface area contributed by atoms with Crippen LogP contribution in [0.4, 0.5) is 0 Å². The Bertz CT molecular complexity index is 426. The van der Waals surface area contributed by atoms with Crippen molar-refractivity contribution in [3.8, 4) is 11.5 Å². The molecule has 0 aliphatic carbocycles. The van der Waals surface area contributed by atoms with Crippen molar-refractivity contribution in [2.75, 3.05) is 26.9 Å². The molecular weight excluding hydrogens is 260 g/mol. The van der Waals surface area contributed by atoms with Crippen LogP contribution in [0.3, 0.4) is 0 Å². The number of aldehydes is 1. The van der Waals surface area contributed by atoms with Crippen molar-refractivity contribution in [3.05, 3.63) is 23.8 Å². The van der Waals surface area contributed by atoms with Crippen LogP contribution in [0.2, 0.25) is 0 Å². The second-order valence-corrected chi connectivity index (χ2v) is 4.57. The van der Waals surface area contributed by atoms with Crippen LogP contribution in [0, 0.1) is 0 Å². The Kier molecular flexibility index (Phi) is 5.83. The van der Waals surface area contributed by atoms with Gasteiger partial charge in [-0.1, -0.05) is 0 Å². The molecule has 110 valence electrons. The van der Waals surface area contributed by atoms with Crippen molar-refractivity contribution >= 4 is 6.29 Å². The first-order valence-electron chi connectivity index (χ1n) is 6.82. The molecule has 5 nitrogen and oxygen atoms in total. The van der Waals surface area contributed by atoms with E-state index in [0.717, 1.165) is 32.2 Å². The van der Waals surface area contributed by atoms with Crippen LogP contribution in [0.25, 0.3) is 0 Å². The summed E-state index contributed by atoms with van der Waals surface area (Å²) in [5.74, 6) is 1.15. The number of hydrogen-bond donors (Lipinski definition) is 0. The zero-order chi connectivity index (χ0) is 14.2. The van der Waals surface area contributed by atoms with Crippen molar-refractivity contribution in [3.63, 3.8) is 0 Å². The van der Waals surface area contributed by atoms with Gasteiger partial charge in [0.15, 0.2) is 12.6 Å². The molecule has 1 aromatic rings. The number of ether oxygens (including phenoxy) is 4. The molecule has 5 heteroatoms. The highest BCUT2D eigenvalue weighted by Gasteiger charge is 2.16. The lowest BCUT2D eigenvalue weighted by molar-refractivity contribution is -0.105. The quantitative estimate of drug-likeness (QED) is 0.567. The largest absolute Gasteiger partial charge is 0.490 e. The van der Waals surface area contributed by atoms with E-state index in [-0.39, 0.29) is 6.29 Å². The van der Waals surface area contributed by atoms with Crippen LogP contribution in [0.15, 0.2) is 18.2 Å². The van der Waals surface area contributed by atoms with E-state index < -0.39 is 0 Å². The molecule has 0 bridgehead atoms. The third-order valence-corrected chi connectivity index (χ3v) is 3.06. The summed E-state index contributed by atoms with van der Waals surface area (Å²) in [5.41, 5.74) is 0.498. The first-order valence-corrected chi connectivity index (χ1v) is 6.82. The molecule has 1 aliphatic heterocycles. The number of hydrogen-bond acceptors (Lipinski definition) is 5. The molecule has 1 aromatic carbocycles. The van der Waals surface area contributed by atoms with Gasteiger partial charge in [0, 0.05) is 19.6 Å². The molecule has 1 fully saturated rings. The normalized spacial score (nSPS) is 18.6. The lowest BCUT2D eigenvalue weighted by Gasteiger charge is -2.23. The molecule has 20 heavy (non-hydrogen) atoms. The lowest BCUT2D eigenvalue weighted by atomic mass is 10.2. The first-order chi connectivity index (χ1) is 9.83. The van der Waals surface area contributed by atoms with E-state index in [2.05, 4.69) is 0 Å². The molecular formula is C15H20O5. The topological polar surface area (TPSA) is 54.0 Å². The molecule has 1 unspecified atom stereocenters. The van der Waals surface area contributed by atoms with Crippen molar-refractivity contribution < 1.29 is 23.7 Å². The van der Waals surface area contributed by atoms with Crippen LogP contribution in [-0.4, -0.2) is 39.5 Å². The van der Waals surface area contributed by atoms with Gasteiger partial charge in [0.2, 0.25) is 0 Å². The molecule has 0 spiro atoms. The van der Waals surface area contributed by atoms with Crippen molar-refractivity contribution in [2.24, 2.45) is 0 Å². The smallest absolute Gasteiger partial charge is 0.199 e. The molecule has 0 N–H and O–H groups in total. The van der Waals surface area contributed by atoms with E-state index >= 15 is 0 Å². The average molecular weight is 280 g/mol. The minimum absolute atomic E-state index is 0.211. The summed E-state index contributed by atoms with van der Waals surface area (Å²) in [4.78, 5) is 11.0. The van der Waals surface area contributed by atoms with Crippen molar-refractivity contribution in [1.29, 1.82) is 0 Å². The summed E-state index contributed by atoms with van der Waals surface area (Å²) in [7, 11) is 1.60. The average Bonchev–Trinajstić information content (AvgIpc) is 2.49. The number of carbonyl (C=O) groups excluding carboxylic acids is 1. The van der Waals surface area contributed by atoms with Gasteiger partial charge in [-0.05, 0) is 25.0 Å². The minimum Gasteiger partial charge on any atom is -0.490 e. The molecule has 2 rings (SSSR count). The van der Waals surface area contributed by atoms with Crippen LogP contribution in [-0.2, 0) is 9.47 Å². The van der Waals surface area contributed by atoms with Gasteiger partial charge in [-0.3, -0.25) is 4.79 Å². The highest BCUT2D eigenvalue weighted by Crippen LogP contribution is 2.26. The maximum atomic E-state index is 11.0. The van der Waals surface area contributed by atoms with Crippen LogP contribution in [0.5, 0.6) is 11.5 Å². The van der Waals surface area contributed by atoms with Gasteiger partial charge in [-0.25, -0.2) is 0 Å². The Morgan fingerprint density at radius 1 is 1.35 bits per heavy atom. The van der Waals surface area contributed by atoms with E-state index in [1.807, 2.05) is 0 Å². The van der Waals surface area contributed by atoms with E-state index in [4.69, 9.17) is 18.9 Å². The highest BCUT2D eigenvalue weighted by molar-refractivity contribution is 5.79. The number of benzene rings is 1. The summed E-state index contributed by atoms with van der Waals surface area (Å²) >= 11 is 0. The van der Waals surface area contributed by atoms with Crippen LogP contribution >= 0.6 is 0 Å². The monoisotopic (exact) mass is 280 g/mol. The fourth-order valence-electron chi connectivity index (χ4n) is 2.00. The third kappa shape index (κ3) is 4.21. The van der Waals surface area contributed by atoms with Gasteiger partial charge in [0.05, 0.1) is 18.8 Å². The predicted molar refractivity (Wildman–Crippen MR) is 73.4 cm³/mol. The minimum atomic E-state index is -0.211. The van der Waals surface area contributed by atoms with Crippen LogP contribution < -0.4 is 9.47 Å². The Labute approximate surface area is 118 Å². The predicted octanol–water partition coefficient (Wildman–Crippen LogP) is 2.43. The Morgan fingerprint density at radius 2 is 2.25 bits per heavy atom. The maximum Gasteiger partial charge on any atom is 0.199 e. The second kappa shape index (κ2) is 7.87. The van der Waals surface area contributed by atoms with E-state index in [9.17, 15) is 4.79 Å². The van der Waals surface area contributed by atoms with Gasteiger partial charge in [-0.2, -0.15) is 0 Å². The molecule has 0 amide bonds. The first kappa shape index (κ1) is 14.8. The Balaban J connectivity index is 2.01. The highest BCUT2D eigenvalue weighted by atomic mass is 16.7. The molecule has 1 atom stereocenters. The van der Waals surface area contributed by atoms with Crippen molar-refractivity contribution in [2.45, 2.75) is 25.6 Å².